The summed E-state index contributed by atoms with van der Waals surface area (Å²) >= 11 is 0. The number of carbonyl (C=O) groups is 4. The third kappa shape index (κ3) is 3.00. The fraction of sp³-hybridized carbons (Fsp3) is 0.615. The van der Waals surface area contributed by atoms with Gasteiger partial charge in [0.2, 0.25) is 0 Å². The highest BCUT2D eigenvalue weighted by molar-refractivity contribution is 6.07. The summed E-state index contributed by atoms with van der Waals surface area (Å²) in [4.78, 5) is 51.1. The number of benzene rings is 1. The Labute approximate surface area is 198 Å². The van der Waals surface area contributed by atoms with Crippen LogP contribution in [0.25, 0.3) is 0 Å². The fourth-order valence-corrected chi connectivity index (χ4v) is 7.57. The summed E-state index contributed by atoms with van der Waals surface area (Å²) in [5.74, 6) is -2.44. The molecule has 1 aromatic carbocycles. The smallest absolute Gasteiger partial charge is 0.309 e. The number of ether oxygens (including phenoxy) is 4. The Morgan fingerprint density at radius 3 is 2.32 bits per heavy atom. The van der Waals surface area contributed by atoms with Gasteiger partial charge in [-0.05, 0) is 55.6 Å². The average molecular weight is 471 g/mol. The molecular formula is C26H30O8. The molecule has 3 fully saturated rings. The average Bonchev–Trinajstić information content (AvgIpc) is 2.85. The summed E-state index contributed by atoms with van der Waals surface area (Å²) in [6.07, 6.45) is 3.39. The topological polar surface area (TPSA) is 105 Å². The van der Waals surface area contributed by atoms with Gasteiger partial charge in [-0.2, -0.15) is 0 Å². The number of hydrogen-bond acceptors (Lipinski definition) is 8. The van der Waals surface area contributed by atoms with E-state index in [2.05, 4.69) is 6.92 Å². The van der Waals surface area contributed by atoms with Crippen LogP contribution in [0.2, 0.25) is 0 Å². The third-order valence-electron chi connectivity index (χ3n) is 8.62. The van der Waals surface area contributed by atoms with Gasteiger partial charge in [0.1, 0.15) is 11.5 Å². The molecule has 2 saturated carbocycles. The Morgan fingerprint density at radius 2 is 1.71 bits per heavy atom. The van der Waals surface area contributed by atoms with Gasteiger partial charge in [0, 0.05) is 30.7 Å². The van der Waals surface area contributed by atoms with Crippen molar-refractivity contribution in [2.45, 2.75) is 59.0 Å². The van der Waals surface area contributed by atoms with Gasteiger partial charge in [-0.3, -0.25) is 19.2 Å². The van der Waals surface area contributed by atoms with Crippen LogP contribution in [-0.4, -0.2) is 37.4 Å². The predicted molar refractivity (Wildman–Crippen MR) is 118 cm³/mol. The molecule has 1 aliphatic heterocycles. The molecule has 1 aromatic rings. The lowest BCUT2D eigenvalue weighted by molar-refractivity contribution is -0.230. The lowest BCUT2D eigenvalue weighted by atomic mass is 9.33. The molecule has 0 aromatic heterocycles. The summed E-state index contributed by atoms with van der Waals surface area (Å²) in [6, 6.07) is 3.03. The first-order chi connectivity index (χ1) is 16.1. The predicted octanol–water partition coefficient (Wildman–Crippen LogP) is 3.80. The van der Waals surface area contributed by atoms with Crippen LogP contribution in [0.3, 0.4) is 0 Å². The maximum absolute atomic E-state index is 14.3. The number of methoxy groups -OCH3 is 1. The van der Waals surface area contributed by atoms with Crippen molar-refractivity contribution in [2.24, 2.45) is 28.6 Å². The summed E-state index contributed by atoms with van der Waals surface area (Å²) in [5.41, 5.74) is -0.136. The number of hydrogen-bond donors (Lipinski definition) is 0. The zero-order chi connectivity index (χ0) is 24.4. The first kappa shape index (κ1) is 23.0. The summed E-state index contributed by atoms with van der Waals surface area (Å²) < 4.78 is 22.7. The molecule has 4 aliphatic rings. The summed E-state index contributed by atoms with van der Waals surface area (Å²) in [5, 5.41) is 0. The Morgan fingerprint density at radius 1 is 1.03 bits per heavy atom. The highest BCUT2D eigenvalue weighted by Crippen LogP contribution is 2.78. The molecule has 3 aliphatic carbocycles. The van der Waals surface area contributed by atoms with Crippen LogP contribution in [0.15, 0.2) is 12.1 Å². The van der Waals surface area contributed by atoms with E-state index in [0.29, 0.717) is 18.6 Å². The zero-order valence-corrected chi connectivity index (χ0v) is 20.0. The number of rotatable bonds is 3. The molecule has 6 unspecified atom stereocenters. The minimum absolute atomic E-state index is 0.0956. The van der Waals surface area contributed by atoms with Gasteiger partial charge in [0.15, 0.2) is 5.78 Å². The van der Waals surface area contributed by atoms with E-state index in [0.717, 1.165) is 25.7 Å². The van der Waals surface area contributed by atoms with Gasteiger partial charge < -0.3 is 18.9 Å². The number of ketones is 1. The Bertz CT molecular complexity index is 1090. The Hall–Kier alpha value is -2.74. The molecule has 1 spiro atoms. The molecule has 0 N–H and O–H groups in total. The molecule has 6 atom stereocenters. The van der Waals surface area contributed by atoms with Crippen LogP contribution in [0.4, 0.5) is 0 Å². The van der Waals surface area contributed by atoms with Crippen LogP contribution in [0.1, 0.15) is 74.9 Å². The van der Waals surface area contributed by atoms with E-state index >= 15 is 0 Å². The highest BCUT2D eigenvalue weighted by atomic mass is 16.5. The zero-order valence-electron chi connectivity index (χ0n) is 20.0. The van der Waals surface area contributed by atoms with Gasteiger partial charge in [-0.1, -0.05) is 6.92 Å². The van der Waals surface area contributed by atoms with E-state index in [-0.39, 0.29) is 34.2 Å². The number of Topliss-reactive ketones (excluding diaryl/α,β-unsaturated/α-hetero) is 1. The largest absolute Gasteiger partial charge is 0.469 e. The van der Waals surface area contributed by atoms with Crippen molar-refractivity contribution in [1.29, 1.82) is 0 Å². The third-order valence-corrected chi connectivity index (χ3v) is 8.62. The highest BCUT2D eigenvalue weighted by Gasteiger charge is 2.75. The van der Waals surface area contributed by atoms with E-state index in [1.165, 1.54) is 27.0 Å². The van der Waals surface area contributed by atoms with Crippen LogP contribution in [-0.2, 0) is 23.9 Å². The van der Waals surface area contributed by atoms with Gasteiger partial charge in [0.25, 0.3) is 0 Å². The second-order valence-electron chi connectivity index (χ2n) is 10.4. The standard InChI is InChI=1S/C26H30O8/c1-13-11-25-8-7-16(24(30)31-4)21-22(29)19-17(33-14(2)27)5-6-18(34-15(3)28)20(19)23(32-12-13)26(21,25)10-9-25/h5-6,13,16,21,23H,7-12H2,1-4H3. The van der Waals surface area contributed by atoms with E-state index < -0.39 is 41.3 Å². The number of carbonyl (C=O) groups excluding carboxylic acids is 4. The molecule has 34 heavy (non-hydrogen) atoms. The van der Waals surface area contributed by atoms with Gasteiger partial charge in [0.05, 0.1) is 31.3 Å². The van der Waals surface area contributed by atoms with Gasteiger partial charge in [-0.25, -0.2) is 0 Å². The number of fused-ring (bicyclic) bond motifs is 2. The molecule has 182 valence electrons. The van der Waals surface area contributed by atoms with E-state index in [1.807, 2.05) is 0 Å². The summed E-state index contributed by atoms with van der Waals surface area (Å²) in [6.45, 7) is 5.19. The van der Waals surface area contributed by atoms with Gasteiger partial charge in [-0.15, -0.1) is 0 Å². The van der Waals surface area contributed by atoms with Crippen molar-refractivity contribution in [3.63, 3.8) is 0 Å². The monoisotopic (exact) mass is 470 g/mol. The second kappa shape index (κ2) is 7.90. The molecule has 1 heterocycles. The summed E-state index contributed by atoms with van der Waals surface area (Å²) in [7, 11) is 1.34. The lowest BCUT2D eigenvalue weighted by Crippen LogP contribution is -2.67. The Balaban J connectivity index is 1.80. The minimum atomic E-state index is -0.660. The molecule has 0 amide bonds. The Kier molecular flexibility index (Phi) is 5.35. The van der Waals surface area contributed by atoms with E-state index in [4.69, 9.17) is 18.9 Å². The van der Waals surface area contributed by atoms with Crippen molar-refractivity contribution in [2.75, 3.05) is 13.7 Å². The van der Waals surface area contributed by atoms with Crippen molar-refractivity contribution in [3.05, 3.63) is 23.3 Å². The molecule has 0 radical (unpaired) electrons. The van der Waals surface area contributed by atoms with Gasteiger partial charge >= 0.3 is 17.9 Å². The number of esters is 3. The van der Waals surface area contributed by atoms with Crippen LogP contribution in [0, 0.1) is 28.6 Å². The lowest BCUT2D eigenvalue weighted by Gasteiger charge is -2.69. The molecule has 8 nitrogen and oxygen atoms in total. The fourth-order valence-electron chi connectivity index (χ4n) is 7.57. The first-order valence-corrected chi connectivity index (χ1v) is 11.9. The molecule has 0 bridgehead atoms. The SMILES string of the molecule is COC(=O)C1CCC23CCC24C(OCC(C)C3)c2c(OC(C)=O)ccc(OC(C)=O)c2C(=O)C14. The van der Waals surface area contributed by atoms with Crippen LogP contribution < -0.4 is 9.47 Å². The van der Waals surface area contributed by atoms with Crippen LogP contribution >= 0.6 is 0 Å². The van der Waals surface area contributed by atoms with E-state index in [1.54, 1.807) is 6.07 Å². The van der Waals surface area contributed by atoms with Crippen LogP contribution in [0.5, 0.6) is 11.5 Å². The second-order valence-corrected chi connectivity index (χ2v) is 10.4. The molecule has 8 heteroatoms. The van der Waals surface area contributed by atoms with Crippen molar-refractivity contribution in [3.8, 4) is 11.5 Å². The van der Waals surface area contributed by atoms with Crippen molar-refractivity contribution < 1.29 is 38.1 Å². The normalized spacial score (nSPS) is 35.5. The maximum Gasteiger partial charge on any atom is 0.309 e. The molecular weight excluding hydrogens is 440 g/mol. The molecule has 5 rings (SSSR count). The minimum Gasteiger partial charge on any atom is -0.469 e. The molecule has 1 saturated heterocycles. The quantitative estimate of drug-likeness (QED) is 0.485. The van der Waals surface area contributed by atoms with Crippen molar-refractivity contribution in [1.82, 2.24) is 0 Å². The van der Waals surface area contributed by atoms with Crippen molar-refractivity contribution >= 4 is 23.7 Å². The van der Waals surface area contributed by atoms with E-state index in [9.17, 15) is 19.2 Å². The maximum atomic E-state index is 14.3. The first-order valence-electron chi connectivity index (χ1n) is 11.9.